The Labute approximate surface area is 46.0 Å². The van der Waals surface area contributed by atoms with Crippen LogP contribution in [0.2, 0.25) is 0 Å². The molecule has 0 rings (SSSR count). The molecule has 0 fully saturated rings. The monoisotopic (exact) mass is 204 g/mol. The number of hydrogen-bond acceptors (Lipinski definition) is 1. The van der Waals surface area contributed by atoms with Crippen molar-refractivity contribution in [1.82, 2.24) is 0 Å². The first kappa shape index (κ1) is 5.25. The van der Waals surface area contributed by atoms with Crippen molar-refractivity contribution in [3.8, 4) is 0 Å². The average molecular weight is 204 g/mol. The van der Waals surface area contributed by atoms with Crippen molar-refractivity contribution < 1.29 is 0 Å². The standard InChI is InChI=1S/CH2IPS/c2-1-3-4/h1H2. The van der Waals surface area contributed by atoms with Crippen molar-refractivity contribution in [2.75, 3.05) is 4.17 Å². The van der Waals surface area contributed by atoms with Crippen LogP contribution in [-0.2, 0) is 11.8 Å². The molecule has 0 aliphatic heterocycles. The Bertz CT molecular complexity index is 22.0. The Kier molecular flexibility index (Phi) is 5.58. The van der Waals surface area contributed by atoms with Crippen molar-refractivity contribution in [1.29, 1.82) is 0 Å². The third-order valence-electron chi connectivity index (χ3n) is 0.0488. The molecule has 0 radical (unpaired) electrons. The van der Waals surface area contributed by atoms with Gasteiger partial charge in [0.15, 0.2) is 0 Å². The van der Waals surface area contributed by atoms with E-state index in [1.165, 1.54) is 0 Å². The molecular formula is CH2IPS. The lowest BCUT2D eigenvalue weighted by Gasteiger charge is -1.51. The Hall–Kier alpha value is 1.25. The molecule has 0 aromatic carbocycles. The summed E-state index contributed by atoms with van der Waals surface area (Å²) in [7, 11) is 1.07. The van der Waals surface area contributed by atoms with E-state index in [9.17, 15) is 0 Å². The normalized spacial score (nSPS) is 8.25. The van der Waals surface area contributed by atoms with Crippen molar-refractivity contribution in [2.45, 2.75) is 0 Å². The van der Waals surface area contributed by atoms with E-state index >= 15 is 0 Å². The van der Waals surface area contributed by atoms with Gasteiger partial charge in [0.05, 0.1) is 4.17 Å². The van der Waals surface area contributed by atoms with E-state index in [0.717, 1.165) is 11.5 Å². The highest BCUT2D eigenvalue weighted by atomic mass is 127. The Balaban J connectivity index is 2.30. The predicted octanol–water partition coefficient (Wildman–Crippen LogP) is 1.79. The van der Waals surface area contributed by atoms with Crippen molar-refractivity contribution in [3.05, 3.63) is 0 Å². The highest BCUT2D eigenvalue weighted by Gasteiger charge is 1.51. The van der Waals surface area contributed by atoms with E-state index < -0.39 is 0 Å². The Morgan fingerprint density at radius 2 is 2.25 bits per heavy atom. The van der Waals surface area contributed by atoms with Gasteiger partial charge in [-0.15, -0.1) is 0 Å². The third-order valence-corrected chi connectivity index (χ3v) is 2.95. The summed E-state index contributed by atoms with van der Waals surface area (Å²) >= 11 is 6.75. The maximum atomic E-state index is 4.52. The van der Waals surface area contributed by atoms with Crippen LogP contribution in [0.25, 0.3) is 0 Å². The number of halogens is 1. The highest BCUT2D eigenvalue weighted by Crippen LogP contribution is 1.95. The third kappa shape index (κ3) is 3.25. The van der Waals surface area contributed by atoms with Gasteiger partial charge in [-0.25, -0.2) is 0 Å². The fourth-order valence-electron chi connectivity index (χ4n) is 0. The summed E-state index contributed by atoms with van der Waals surface area (Å²) in [6, 6.07) is 0. The molecule has 4 heavy (non-hydrogen) atoms. The predicted molar refractivity (Wildman–Crippen MR) is 33.2 cm³/mol. The van der Waals surface area contributed by atoms with E-state index in [0.29, 0.717) is 0 Å². The zero-order valence-corrected chi connectivity index (χ0v) is 5.81. The molecule has 0 amide bonds. The van der Waals surface area contributed by atoms with Crippen LogP contribution in [0.4, 0.5) is 0 Å². The molecule has 3 heteroatoms. The van der Waals surface area contributed by atoms with Gasteiger partial charge in [-0.1, -0.05) is 34.4 Å². The molecule has 0 saturated heterocycles. The minimum Gasteiger partial charge on any atom is -0.0756 e. The molecule has 0 N–H and O–H groups in total. The van der Waals surface area contributed by atoms with Gasteiger partial charge in [0.1, 0.15) is 0 Å². The summed E-state index contributed by atoms with van der Waals surface area (Å²) in [5.74, 6) is 0. The maximum Gasteiger partial charge on any atom is 0.0520 e. The fraction of sp³-hybridized carbons (Fsp3) is 1.00. The van der Waals surface area contributed by atoms with Crippen LogP contribution < -0.4 is 0 Å². The topological polar surface area (TPSA) is 0 Å². The largest absolute Gasteiger partial charge is 0.0756 e. The highest BCUT2D eigenvalue weighted by molar-refractivity contribution is 14.1. The molecule has 0 aliphatic carbocycles. The minimum absolute atomic E-state index is 1.07. The summed E-state index contributed by atoms with van der Waals surface area (Å²) in [4.78, 5) is 0. The van der Waals surface area contributed by atoms with E-state index in [1.54, 1.807) is 0 Å². The molecule has 0 aromatic rings. The summed E-state index contributed by atoms with van der Waals surface area (Å²) in [5, 5.41) is 0. The molecule has 0 unspecified atom stereocenters. The molecule has 0 atom stereocenters. The molecular weight excluding hydrogens is 202 g/mol. The van der Waals surface area contributed by atoms with E-state index in [4.69, 9.17) is 0 Å². The molecule has 24 valence electrons. The number of hydrogen-bond donors (Lipinski definition) is 0. The van der Waals surface area contributed by atoms with E-state index in [1.807, 2.05) is 0 Å². The van der Waals surface area contributed by atoms with Crippen LogP contribution in [-0.4, -0.2) is 4.17 Å². The second-order valence-corrected chi connectivity index (χ2v) is 3.57. The molecule has 0 heterocycles. The van der Waals surface area contributed by atoms with Gasteiger partial charge < -0.3 is 0 Å². The first-order valence-corrected chi connectivity index (χ1v) is 4.38. The number of rotatable bonds is 1. The average Bonchev–Trinajstić information content (AvgIpc) is 1.37. The molecule has 0 aliphatic rings. The molecule has 0 saturated carbocycles. The number of alkyl halides is 1. The van der Waals surface area contributed by atoms with Gasteiger partial charge in [-0.05, 0) is 7.36 Å². The lowest BCUT2D eigenvalue weighted by atomic mass is 11.9. The van der Waals surface area contributed by atoms with Crippen LogP contribution in [0.15, 0.2) is 0 Å². The van der Waals surface area contributed by atoms with Crippen LogP contribution in [0.1, 0.15) is 0 Å². The molecule has 0 nitrogen and oxygen atoms in total. The smallest absolute Gasteiger partial charge is 0.0520 e. The van der Waals surface area contributed by atoms with Crippen molar-refractivity contribution in [3.63, 3.8) is 0 Å². The minimum atomic E-state index is 1.07. The van der Waals surface area contributed by atoms with E-state index in [2.05, 4.69) is 34.4 Å². The second kappa shape index (κ2) is 4.25. The van der Waals surface area contributed by atoms with Crippen LogP contribution in [0, 0.1) is 0 Å². The lowest BCUT2D eigenvalue weighted by Crippen LogP contribution is -1.25. The maximum absolute atomic E-state index is 4.52. The van der Waals surface area contributed by atoms with Crippen molar-refractivity contribution >= 4 is 41.8 Å². The summed E-state index contributed by atoms with van der Waals surface area (Å²) in [6.45, 7) is 0. The SMILES string of the molecule is S=PCI. The van der Waals surface area contributed by atoms with Gasteiger partial charge in [0.25, 0.3) is 0 Å². The summed E-state index contributed by atoms with van der Waals surface area (Å²) in [5.41, 5.74) is 0. The van der Waals surface area contributed by atoms with Gasteiger partial charge in [-0.2, -0.15) is 0 Å². The first-order valence-electron chi connectivity index (χ1n) is 0.766. The van der Waals surface area contributed by atoms with Gasteiger partial charge in [0, 0.05) is 0 Å². The summed E-state index contributed by atoms with van der Waals surface area (Å²) < 4.78 is 1.08. The van der Waals surface area contributed by atoms with Crippen LogP contribution in [0.5, 0.6) is 0 Å². The molecule has 0 aromatic heterocycles. The van der Waals surface area contributed by atoms with Crippen LogP contribution >= 0.6 is 29.9 Å². The van der Waals surface area contributed by atoms with Crippen molar-refractivity contribution in [2.24, 2.45) is 0 Å². The summed E-state index contributed by atoms with van der Waals surface area (Å²) in [6.07, 6.45) is 0. The first-order chi connectivity index (χ1) is 1.91. The fourth-order valence-corrected chi connectivity index (χ4v) is 0. The quantitative estimate of drug-likeness (QED) is 0.356. The zero-order valence-electron chi connectivity index (χ0n) is 1.94. The molecule has 0 spiro atoms. The van der Waals surface area contributed by atoms with Crippen LogP contribution in [0.3, 0.4) is 0 Å². The Morgan fingerprint density at radius 3 is 2.25 bits per heavy atom. The molecule has 0 bridgehead atoms. The van der Waals surface area contributed by atoms with Gasteiger partial charge >= 0.3 is 0 Å². The van der Waals surface area contributed by atoms with Gasteiger partial charge in [-0.3, -0.25) is 0 Å². The van der Waals surface area contributed by atoms with E-state index in [-0.39, 0.29) is 0 Å². The lowest BCUT2D eigenvalue weighted by molar-refractivity contribution is 2.44. The zero-order chi connectivity index (χ0) is 3.41. The van der Waals surface area contributed by atoms with Gasteiger partial charge in [0.2, 0.25) is 0 Å². The Morgan fingerprint density at radius 1 is 2.00 bits per heavy atom. The second-order valence-electron chi connectivity index (χ2n) is 0.249.